The summed E-state index contributed by atoms with van der Waals surface area (Å²) in [6, 6.07) is 4.88. The van der Waals surface area contributed by atoms with Gasteiger partial charge in [0.25, 0.3) is 5.91 Å². The van der Waals surface area contributed by atoms with Gasteiger partial charge in [-0.15, -0.1) is 0 Å². The van der Waals surface area contributed by atoms with E-state index in [1.165, 1.54) is 0 Å². The van der Waals surface area contributed by atoms with Gasteiger partial charge in [-0.2, -0.15) is 0 Å². The summed E-state index contributed by atoms with van der Waals surface area (Å²) in [4.78, 5) is 25.6. The van der Waals surface area contributed by atoms with Crippen molar-refractivity contribution in [3.63, 3.8) is 0 Å². The van der Waals surface area contributed by atoms with Crippen LogP contribution >= 0.6 is 0 Å². The van der Waals surface area contributed by atoms with Gasteiger partial charge in [0.2, 0.25) is 5.91 Å². The molecule has 1 saturated heterocycles. The maximum Gasteiger partial charge on any atom is 0.251 e. The number of nitrogens with one attached hydrogen (secondary N) is 1. The first kappa shape index (κ1) is 15.1. The standard InChI is InChI=1S/C16H19N3O2/c1-11-10-13(6-5-12(11)4-3-8-17)15(20)18-14-7-9-19(2)16(14)21/h5-6,10,14H,7-9,17H2,1-2H3,(H,18,20). The van der Waals surface area contributed by atoms with Gasteiger partial charge >= 0.3 is 0 Å². The van der Waals surface area contributed by atoms with E-state index in [2.05, 4.69) is 17.2 Å². The predicted molar refractivity (Wildman–Crippen MR) is 80.6 cm³/mol. The largest absolute Gasteiger partial charge is 0.344 e. The Kier molecular flexibility index (Phi) is 4.61. The molecular weight excluding hydrogens is 266 g/mol. The average molecular weight is 285 g/mol. The normalized spacial score (nSPS) is 17.4. The SMILES string of the molecule is Cc1cc(C(=O)NC2CCN(C)C2=O)ccc1C#CCN. The fraction of sp³-hybridized carbons (Fsp3) is 0.375. The van der Waals surface area contributed by atoms with E-state index in [4.69, 9.17) is 5.73 Å². The number of likely N-dealkylation sites (N-methyl/N-ethyl adjacent to an activating group) is 1. The van der Waals surface area contributed by atoms with E-state index in [0.717, 1.165) is 11.1 Å². The highest BCUT2D eigenvalue weighted by Crippen LogP contribution is 2.13. The van der Waals surface area contributed by atoms with Crippen LogP contribution in [0.5, 0.6) is 0 Å². The lowest BCUT2D eigenvalue weighted by molar-refractivity contribution is -0.128. The van der Waals surface area contributed by atoms with Crippen LogP contribution in [0.25, 0.3) is 0 Å². The van der Waals surface area contributed by atoms with Crippen LogP contribution in [0, 0.1) is 18.8 Å². The number of hydrogen-bond donors (Lipinski definition) is 2. The number of hydrogen-bond acceptors (Lipinski definition) is 3. The molecule has 0 spiro atoms. The number of carbonyl (C=O) groups excluding carboxylic acids is 2. The van der Waals surface area contributed by atoms with E-state index in [1.54, 1.807) is 30.1 Å². The van der Waals surface area contributed by atoms with Gasteiger partial charge in [-0.25, -0.2) is 0 Å². The molecule has 0 bridgehead atoms. The third-order valence-corrected chi connectivity index (χ3v) is 3.55. The third-order valence-electron chi connectivity index (χ3n) is 3.55. The first-order valence-corrected chi connectivity index (χ1v) is 6.88. The number of aryl methyl sites for hydroxylation is 1. The number of benzene rings is 1. The zero-order valence-corrected chi connectivity index (χ0v) is 12.3. The molecule has 1 aliphatic rings. The fourth-order valence-corrected chi connectivity index (χ4v) is 2.29. The molecule has 21 heavy (non-hydrogen) atoms. The summed E-state index contributed by atoms with van der Waals surface area (Å²) in [5.74, 6) is 5.48. The van der Waals surface area contributed by atoms with Crippen molar-refractivity contribution >= 4 is 11.8 Å². The Labute approximate surface area is 124 Å². The molecule has 1 aromatic rings. The van der Waals surface area contributed by atoms with Gasteiger partial charge in [0, 0.05) is 24.7 Å². The fourth-order valence-electron chi connectivity index (χ4n) is 2.29. The third kappa shape index (κ3) is 3.41. The second-order valence-corrected chi connectivity index (χ2v) is 5.11. The van der Waals surface area contributed by atoms with Gasteiger partial charge in [0.15, 0.2) is 0 Å². The lowest BCUT2D eigenvalue weighted by atomic mass is 10.0. The van der Waals surface area contributed by atoms with Crippen LogP contribution in [0.2, 0.25) is 0 Å². The van der Waals surface area contributed by atoms with Gasteiger partial charge < -0.3 is 16.0 Å². The molecule has 2 rings (SSSR count). The molecule has 2 amide bonds. The smallest absolute Gasteiger partial charge is 0.251 e. The van der Waals surface area contributed by atoms with Crippen molar-refractivity contribution in [3.8, 4) is 11.8 Å². The molecule has 110 valence electrons. The van der Waals surface area contributed by atoms with Gasteiger partial charge in [-0.05, 0) is 37.1 Å². The Morgan fingerprint density at radius 1 is 1.52 bits per heavy atom. The average Bonchev–Trinajstić information content (AvgIpc) is 2.78. The van der Waals surface area contributed by atoms with Gasteiger partial charge in [0.1, 0.15) is 6.04 Å². The highest BCUT2D eigenvalue weighted by molar-refractivity contribution is 5.98. The van der Waals surface area contributed by atoms with E-state index in [0.29, 0.717) is 25.1 Å². The van der Waals surface area contributed by atoms with Crippen molar-refractivity contribution < 1.29 is 9.59 Å². The van der Waals surface area contributed by atoms with Gasteiger partial charge in [-0.1, -0.05) is 11.8 Å². The molecule has 1 aromatic carbocycles. The van der Waals surface area contributed by atoms with Crippen LogP contribution in [0.1, 0.15) is 27.9 Å². The molecule has 1 heterocycles. The molecule has 0 aliphatic carbocycles. The number of rotatable bonds is 2. The van der Waals surface area contributed by atoms with Gasteiger partial charge in [-0.3, -0.25) is 9.59 Å². The number of amides is 2. The minimum atomic E-state index is -0.417. The molecule has 1 unspecified atom stereocenters. The monoisotopic (exact) mass is 285 g/mol. The molecule has 3 N–H and O–H groups in total. The Morgan fingerprint density at radius 2 is 2.29 bits per heavy atom. The number of nitrogens with two attached hydrogens (primary N) is 1. The van der Waals surface area contributed by atoms with Crippen molar-refractivity contribution in [3.05, 3.63) is 34.9 Å². The predicted octanol–water partition coefficient (Wildman–Crippen LogP) is 0.266. The Bertz CT molecular complexity index is 628. The van der Waals surface area contributed by atoms with Crippen molar-refractivity contribution in [1.29, 1.82) is 0 Å². The molecule has 1 fully saturated rings. The van der Waals surface area contributed by atoms with Crippen LogP contribution in [0.4, 0.5) is 0 Å². The summed E-state index contributed by atoms with van der Waals surface area (Å²) in [5, 5.41) is 2.78. The van der Waals surface area contributed by atoms with Crippen molar-refractivity contribution in [1.82, 2.24) is 10.2 Å². The van der Waals surface area contributed by atoms with Crippen molar-refractivity contribution in [2.45, 2.75) is 19.4 Å². The topological polar surface area (TPSA) is 75.4 Å². The zero-order valence-electron chi connectivity index (χ0n) is 12.3. The summed E-state index contributed by atoms with van der Waals surface area (Å²) < 4.78 is 0. The van der Waals surface area contributed by atoms with E-state index in [1.807, 2.05) is 6.92 Å². The van der Waals surface area contributed by atoms with E-state index >= 15 is 0 Å². The molecule has 0 radical (unpaired) electrons. The second-order valence-electron chi connectivity index (χ2n) is 5.11. The zero-order chi connectivity index (χ0) is 15.4. The lowest BCUT2D eigenvalue weighted by Crippen LogP contribution is -2.40. The van der Waals surface area contributed by atoms with Crippen LogP contribution in [-0.4, -0.2) is 42.9 Å². The number of nitrogens with zero attached hydrogens (tertiary/aromatic N) is 1. The minimum Gasteiger partial charge on any atom is -0.344 e. The first-order valence-electron chi connectivity index (χ1n) is 6.88. The summed E-state index contributed by atoms with van der Waals surface area (Å²) in [6.07, 6.45) is 0.653. The minimum absolute atomic E-state index is 0.0366. The van der Waals surface area contributed by atoms with E-state index in [-0.39, 0.29) is 11.8 Å². The summed E-state index contributed by atoms with van der Waals surface area (Å²) in [7, 11) is 1.74. The quantitative estimate of drug-likeness (QED) is 0.766. The Balaban J connectivity index is 2.10. The molecular formula is C16H19N3O2. The van der Waals surface area contributed by atoms with Crippen molar-refractivity contribution in [2.24, 2.45) is 5.73 Å². The highest BCUT2D eigenvalue weighted by atomic mass is 16.2. The van der Waals surface area contributed by atoms with E-state index < -0.39 is 6.04 Å². The molecule has 0 saturated carbocycles. The summed E-state index contributed by atoms with van der Waals surface area (Å²) in [6.45, 7) is 2.88. The molecule has 5 nitrogen and oxygen atoms in total. The summed E-state index contributed by atoms with van der Waals surface area (Å²) >= 11 is 0. The highest BCUT2D eigenvalue weighted by Gasteiger charge is 2.30. The van der Waals surface area contributed by atoms with Crippen LogP contribution in [-0.2, 0) is 4.79 Å². The molecule has 5 heteroatoms. The second kappa shape index (κ2) is 6.42. The van der Waals surface area contributed by atoms with Crippen molar-refractivity contribution in [2.75, 3.05) is 20.1 Å². The molecule has 1 atom stereocenters. The molecule has 0 aromatic heterocycles. The lowest BCUT2D eigenvalue weighted by Gasteiger charge is -2.12. The van der Waals surface area contributed by atoms with E-state index in [9.17, 15) is 9.59 Å². The Morgan fingerprint density at radius 3 is 2.86 bits per heavy atom. The van der Waals surface area contributed by atoms with Crippen LogP contribution in [0.15, 0.2) is 18.2 Å². The first-order chi connectivity index (χ1) is 10.0. The van der Waals surface area contributed by atoms with Crippen LogP contribution in [0.3, 0.4) is 0 Å². The maximum atomic E-state index is 12.2. The Hall–Kier alpha value is -2.32. The number of likely N-dealkylation sites (tertiary alicyclic amines) is 1. The maximum absolute atomic E-state index is 12.2. The summed E-state index contributed by atoms with van der Waals surface area (Å²) in [5.41, 5.74) is 7.65. The molecule has 1 aliphatic heterocycles. The van der Waals surface area contributed by atoms with Crippen LogP contribution < -0.4 is 11.1 Å². The number of carbonyl (C=O) groups is 2. The van der Waals surface area contributed by atoms with Gasteiger partial charge in [0.05, 0.1) is 6.54 Å².